The molecular weight excluding hydrogens is 314 g/mol. The van der Waals surface area contributed by atoms with Crippen LogP contribution in [0.4, 0.5) is 0 Å². The van der Waals surface area contributed by atoms with Crippen molar-refractivity contribution in [2.24, 2.45) is 0 Å². The predicted molar refractivity (Wildman–Crippen MR) is 96.1 cm³/mol. The van der Waals surface area contributed by atoms with Crippen LogP contribution in [0.2, 0.25) is 0 Å². The molecule has 126 valence electrons. The third kappa shape index (κ3) is 2.80. The smallest absolute Gasteiger partial charge is 0.135 e. The van der Waals surface area contributed by atoms with Crippen molar-refractivity contribution in [3.63, 3.8) is 0 Å². The highest BCUT2D eigenvalue weighted by Gasteiger charge is 2.23. The third-order valence-electron chi connectivity index (χ3n) is 4.09. The zero-order chi connectivity index (χ0) is 17.6. The minimum absolute atomic E-state index is 0.101. The van der Waals surface area contributed by atoms with E-state index in [1.807, 2.05) is 43.3 Å². The van der Waals surface area contributed by atoms with Crippen molar-refractivity contribution in [2.45, 2.75) is 33.1 Å². The zero-order valence-corrected chi connectivity index (χ0v) is 14.7. The highest BCUT2D eigenvalue weighted by atomic mass is 16.6. The van der Waals surface area contributed by atoms with Crippen molar-refractivity contribution in [2.75, 3.05) is 0 Å². The second kappa shape index (κ2) is 5.51. The number of rotatable bonds is 2. The van der Waals surface area contributed by atoms with Crippen LogP contribution >= 0.6 is 0 Å². The van der Waals surface area contributed by atoms with Gasteiger partial charge in [-0.3, -0.25) is 4.98 Å². The molecule has 0 saturated heterocycles. The highest BCUT2D eigenvalue weighted by molar-refractivity contribution is 5.84. The number of imidazole rings is 1. The number of nitrogens with zero attached hydrogens (tertiary/aromatic N) is 4. The zero-order valence-electron chi connectivity index (χ0n) is 14.7. The van der Waals surface area contributed by atoms with E-state index in [0.29, 0.717) is 5.52 Å². The average molecular weight is 333 g/mol. The Kier molecular flexibility index (Phi) is 3.42. The third-order valence-corrected chi connectivity index (χ3v) is 4.09. The summed E-state index contributed by atoms with van der Waals surface area (Å²) in [6.07, 6.45) is 0. The second-order valence-corrected chi connectivity index (χ2v) is 7.19. The molecule has 4 aromatic rings. The number of H-pyrrole nitrogens is 1. The molecule has 3 aromatic heterocycles. The maximum absolute atomic E-state index is 4.87. The molecule has 6 heteroatoms. The molecule has 4 rings (SSSR count). The van der Waals surface area contributed by atoms with Gasteiger partial charge in [-0.1, -0.05) is 32.9 Å². The lowest BCUT2D eigenvalue weighted by atomic mass is 9.96. The van der Waals surface area contributed by atoms with E-state index in [4.69, 9.17) is 9.61 Å². The van der Waals surface area contributed by atoms with Crippen LogP contribution in [0.3, 0.4) is 0 Å². The van der Waals surface area contributed by atoms with Crippen LogP contribution < -0.4 is 0 Å². The van der Waals surface area contributed by atoms with E-state index in [-0.39, 0.29) is 5.41 Å². The van der Waals surface area contributed by atoms with Gasteiger partial charge in [-0.15, -0.1) is 0 Å². The van der Waals surface area contributed by atoms with E-state index in [1.54, 1.807) is 0 Å². The molecule has 0 unspecified atom stereocenters. The summed E-state index contributed by atoms with van der Waals surface area (Å²) < 4.78 is 4.81. The number of hydrogen-bond acceptors (Lipinski definition) is 5. The molecule has 25 heavy (non-hydrogen) atoms. The summed E-state index contributed by atoms with van der Waals surface area (Å²) >= 11 is 0. The number of aryl methyl sites for hydroxylation is 1. The van der Waals surface area contributed by atoms with Crippen molar-refractivity contribution in [3.05, 3.63) is 47.9 Å². The van der Waals surface area contributed by atoms with Gasteiger partial charge in [0.25, 0.3) is 0 Å². The number of hydrogen-bond donors (Lipinski definition) is 1. The fourth-order valence-corrected chi connectivity index (χ4v) is 2.73. The fourth-order valence-electron chi connectivity index (χ4n) is 2.73. The van der Waals surface area contributed by atoms with Gasteiger partial charge in [0.1, 0.15) is 16.9 Å². The van der Waals surface area contributed by atoms with E-state index in [2.05, 4.69) is 41.1 Å². The predicted octanol–water partition coefficient (Wildman–Crippen LogP) is 4.28. The van der Waals surface area contributed by atoms with Crippen LogP contribution in [0, 0.1) is 6.92 Å². The van der Waals surface area contributed by atoms with Crippen LogP contribution in [0.5, 0.6) is 0 Å². The van der Waals surface area contributed by atoms with E-state index < -0.39 is 0 Å². The van der Waals surface area contributed by atoms with Crippen LogP contribution in [-0.2, 0) is 5.41 Å². The molecule has 3 heterocycles. The molecule has 1 aromatic carbocycles. The van der Waals surface area contributed by atoms with Crippen molar-refractivity contribution in [3.8, 4) is 22.6 Å². The first-order valence-electron chi connectivity index (χ1n) is 8.19. The SMILES string of the molecule is Cc1cccc(-c2[nH]c(C(C)(C)C)nc2-c2ccc3nonc3c2)n1. The Bertz CT molecular complexity index is 1060. The first-order chi connectivity index (χ1) is 11.9. The monoisotopic (exact) mass is 333 g/mol. The Labute approximate surface area is 145 Å². The standard InChI is InChI=1S/C19H19N5O/c1-11-6-5-7-14(20-11)17-16(21-18(22-17)19(2,3)4)12-8-9-13-15(10-12)24-25-23-13/h5-10H,1-4H3,(H,21,22). The van der Waals surface area contributed by atoms with Crippen LogP contribution in [0.1, 0.15) is 32.3 Å². The molecular formula is C19H19N5O. The van der Waals surface area contributed by atoms with Crippen molar-refractivity contribution in [1.29, 1.82) is 0 Å². The second-order valence-electron chi connectivity index (χ2n) is 7.19. The summed E-state index contributed by atoms with van der Waals surface area (Å²) in [5.41, 5.74) is 5.89. The number of aromatic nitrogens is 5. The Morgan fingerprint density at radius 1 is 0.960 bits per heavy atom. The molecule has 0 saturated carbocycles. The number of fused-ring (bicyclic) bond motifs is 1. The maximum atomic E-state index is 4.87. The number of pyridine rings is 1. The van der Waals surface area contributed by atoms with Gasteiger partial charge in [0, 0.05) is 16.7 Å². The molecule has 0 amide bonds. The normalized spacial score (nSPS) is 12.0. The van der Waals surface area contributed by atoms with Crippen LogP contribution in [0.25, 0.3) is 33.7 Å². The highest BCUT2D eigenvalue weighted by Crippen LogP contribution is 2.33. The lowest BCUT2D eigenvalue weighted by molar-refractivity contribution is 0.315. The molecule has 0 aliphatic heterocycles. The summed E-state index contributed by atoms with van der Waals surface area (Å²) in [7, 11) is 0. The Morgan fingerprint density at radius 2 is 1.76 bits per heavy atom. The summed E-state index contributed by atoms with van der Waals surface area (Å²) in [5.74, 6) is 0.916. The molecule has 0 bridgehead atoms. The van der Waals surface area contributed by atoms with Gasteiger partial charge >= 0.3 is 0 Å². The van der Waals surface area contributed by atoms with Gasteiger partial charge in [0.2, 0.25) is 0 Å². The van der Waals surface area contributed by atoms with Crippen molar-refractivity contribution >= 4 is 11.0 Å². The minimum atomic E-state index is -0.101. The number of benzene rings is 1. The molecule has 0 atom stereocenters. The number of aromatic amines is 1. The largest absolute Gasteiger partial charge is 0.340 e. The minimum Gasteiger partial charge on any atom is -0.340 e. The van der Waals surface area contributed by atoms with Gasteiger partial charge in [-0.05, 0) is 41.5 Å². The molecule has 0 radical (unpaired) electrons. The first-order valence-corrected chi connectivity index (χ1v) is 8.19. The summed E-state index contributed by atoms with van der Waals surface area (Å²) in [6, 6.07) is 11.8. The molecule has 0 fully saturated rings. The average Bonchev–Trinajstić information content (AvgIpc) is 3.20. The summed E-state index contributed by atoms with van der Waals surface area (Å²) in [5, 5.41) is 7.80. The Morgan fingerprint density at radius 3 is 2.52 bits per heavy atom. The van der Waals surface area contributed by atoms with Gasteiger partial charge in [-0.2, -0.15) is 0 Å². The Hall–Kier alpha value is -3.02. The lowest BCUT2D eigenvalue weighted by Gasteiger charge is -2.14. The van der Waals surface area contributed by atoms with Crippen molar-refractivity contribution in [1.82, 2.24) is 25.3 Å². The quantitative estimate of drug-likeness (QED) is 0.592. The molecule has 6 nitrogen and oxygen atoms in total. The summed E-state index contributed by atoms with van der Waals surface area (Å²) in [6.45, 7) is 8.38. The molecule has 0 spiro atoms. The summed E-state index contributed by atoms with van der Waals surface area (Å²) in [4.78, 5) is 13.0. The van der Waals surface area contributed by atoms with E-state index in [0.717, 1.165) is 39.7 Å². The van der Waals surface area contributed by atoms with E-state index >= 15 is 0 Å². The van der Waals surface area contributed by atoms with Crippen LogP contribution in [-0.4, -0.2) is 25.3 Å². The molecule has 1 N–H and O–H groups in total. The van der Waals surface area contributed by atoms with Crippen LogP contribution in [0.15, 0.2) is 41.0 Å². The molecule has 0 aliphatic rings. The van der Waals surface area contributed by atoms with Crippen molar-refractivity contribution < 1.29 is 4.63 Å². The molecule has 0 aliphatic carbocycles. The van der Waals surface area contributed by atoms with Gasteiger partial charge in [-0.25, -0.2) is 9.61 Å². The topological polar surface area (TPSA) is 80.5 Å². The van der Waals surface area contributed by atoms with Gasteiger partial charge in [0.15, 0.2) is 0 Å². The number of nitrogens with one attached hydrogen (secondary N) is 1. The van der Waals surface area contributed by atoms with Gasteiger partial charge < -0.3 is 4.98 Å². The fraction of sp³-hybridized carbons (Fsp3) is 0.263. The van der Waals surface area contributed by atoms with E-state index in [9.17, 15) is 0 Å². The lowest BCUT2D eigenvalue weighted by Crippen LogP contribution is -2.13. The van der Waals surface area contributed by atoms with E-state index in [1.165, 1.54) is 0 Å². The maximum Gasteiger partial charge on any atom is 0.135 e. The van der Waals surface area contributed by atoms with Gasteiger partial charge in [0.05, 0.1) is 17.1 Å². The first kappa shape index (κ1) is 15.5. The Balaban J connectivity index is 1.94.